The van der Waals surface area contributed by atoms with Crippen LogP contribution in [0.2, 0.25) is 0 Å². The maximum absolute atomic E-state index is 4.02. The summed E-state index contributed by atoms with van der Waals surface area (Å²) < 4.78 is 0. The van der Waals surface area contributed by atoms with Gasteiger partial charge in [0.2, 0.25) is 0 Å². The van der Waals surface area contributed by atoms with Gasteiger partial charge in [0.1, 0.15) is 0 Å². The van der Waals surface area contributed by atoms with E-state index in [2.05, 4.69) is 24.9 Å². The van der Waals surface area contributed by atoms with E-state index in [4.69, 9.17) is 0 Å². The first kappa shape index (κ1) is 7.55. The fourth-order valence-corrected chi connectivity index (χ4v) is 1.24. The summed E-state index contributed by atoms with van der Waals surface area (Å²) in [5.41, 5.74) is 2.70. The van der Waals surface area contributed by atoms with Gasteiger partial charge >= 0.3 is 0 Å². The van der Waals surface area contributed by atoms with Gasteiger partial charge in [-0.15, -0.1) is 0 Å². The normalized spacial score (nSPS) is 24.9. The maximum atomic E-state index is 4.02. The second-order valence-corrected chi connectivity index (χ2v) is 2.70. The van der Waals surface area contributed by atoms with Crippen LogP contribution in [0.15, 0.2) is 23.8 Å². The Balaban J connectivity index is 2.61. The second-order valence-electron chi connectivity index (χ2n) is 2.70. The van der Waals surface area contributed by atoms with Gasteiger partial charge in [0.05, 0.1) is 0 Å². The van der Waals surface area contributed by atoms with E-state index in [-0.39, 0.29) is 0 Å². The average Bonchev–Trinajstić information content (AvgIpc) is 2.13. The molecule has 10 heavy (non-hydrogen) atoms. The van der Waals surface area contributed by atoms with Crippen LogP contribution < -0.4 is 5.32 Å². The van der Waals surface area contributed by atoms with Gasteiger partial charge in [-0.3, -0.25) is 0 Å². The van der Waals surface area contributed by atoms with Crippen LogP contribution in [0.25, 0.3) is 0 Å². The summed E-state index contributed by atoms with van der Waals surface area (Å²) >= 11 is 0. The average molecular weight is 137 g/mol. The van der Waals surface area contributed by atoms with E-state index >= 15 is 0 Å². The fourth-order valence-electron chi connectivity index (χ4n) is 1.24. The van der Waals surface area contributed by atoms with Crippen molar-refractivity contribution in [3.05, 3.63) is 23.8 Å². The molecule has 1 fully saturated rings. The van der Waals surface area contributed by atoms with Gasteiger partial charge in [0, 0.05) is 6.54 Å². The van der Waals surface area contributed by atoms with Crippen molar-refractivity contribution in [1.29, 1.82) is 0 Å². The minimum absolute atomic E-state index is 1.01. The third-order valence-electron chi connectivity index (χ3n) is 1.95. The van der Waals surface area contributed by atoms with E-state index in [9.17, 15) is 0 Å². The Morgan fingerprint density at radius 1 is 1.60 bits per heavy atom. The van der Waals surface area contributed by atoms with Crippen molar-refractivity contribution in [2.75, 3.05) is 13.1 Å². The Labute approximate surface area is 62.8 Å². The lowest BCUT2D eigenvalue weighted by atomic mass is 10.1. The molecule has 0 bridgehead atoms. The standard InChI is InChI=1S/C9H15N/c1-3-9-7-10-6-4-5-8(9)2/h3,10H,2,4-7H2,1H3/b9-3-. The molecular formula is C9H15N. The first-order valence-corrected chi connectivity index (χ1v) is 3.88. The molecule has 1 N–H and O–H groups in total. The number of hydrogen-bond donors (Lipinski definition) is 1. The van der Waals surface area contributed by atoms with Crippen molar-refractivity contribution in [1.82, 2.24) is 5.32 Å². The van der Waals surface area contributed by atoms with E-state index in [0.29, 0.717) is 0 Å². The molecule has 0 unspecified atom stereocenters. The Bertz CT molecular complexity index is 156. The topological polar surface area (TPSA) is 12.0 Å². The van der Waals surface area contributed by atoms with Gasteiger partial charge < -0.3 is 5.32 Å². The Hall–Kier alpha value is -0.560. The number of nitrogens with one attached hydrogen (secondary N) is 1. The van der Waals surface area contributed by atoms with Gasteiger partial charge in [0.15, 0.2) is 0 Å². The van der Waals surface area contributed by atoms with Crippen LogP contribution in [0.4, 0.5) is 0 Å². The van der Waals surface area contributed by atoms with Crippen LogP contribution in [-0.4, -0.2) is 13.1 Å². The zero-order valence-corrected chi connectivity index (χ0v) is 6.61. The molecule has 0 aromatic carbocycles. The maximum Gasteiger partial charge on any atom is 0.0204 e. The summed E-state index contributed by atoms with van der Waals surface area (Å²) in [7, 11) is 0. The predicted molar refractivity (Wildman–Crippen MR) is 45.0 cm³/mol. The quantitative estimate of drug-likeness (QED) is 0.537. The first-order valence-electron chi connectivity index (χ1n) is 3.88. The van der Waals surface area contributed by atoms with Crippen molar-refractivity contribution in [2.45, 2.75) is 19.8 Å². The summed E-state index contributed by atoms with van der Waals surface area (Å²) in [6.07, 6.45) is 4.55. The molecule has 1 saturated heterocycles. The zero-order valence-electron chi connectivity index (χ0n) is 6.61. The lowest BCUT2D eigenvalue weighted by Crippen LogP contribution is -2.15. The van der Waals surface area contributed by atoms with E-state index in [0.717, 1.165) is 19.5 Å². The van der Waals surface area contributed by atoms with Crippen LogP contribution >= 0.6 is 0 Å². The van der Waals surface area contributed by atoms with Crippen molar-refractivity contribution in [2.24, 2.45) is 0 Å². The highest BCUT2D eigenvalue weighted by Gasteiger charge is 2.05. The highest BCUT2D eigenvalue weighted by molar-refractivity contribution is 5.29. The second kappa shape index (κ2) is 3.57. The van der Waals surface area contributed by atoms with Crippen molar-refractivity contribution in [3.8, 4) is 0 Å². The number of hydrogen-bond acceptors (Lipinski definition) is 1. The van der Waals surface area contributed by atoms with Crippen LogP contribution in [0.3, 0.4) is 0 Å². The molecule has 1 heterocycles. The van der Waals surface area contributed by atoms with Crippen molar-refractivity contribution in [3.63, 3.8) is 0 Å². The van der Waals surface area contributed by atoms with E-state index in [1.54, 1.807) is 0 Å². The van der Waals surface area contributed by atoms with Gasteiger partial charge in [-0.1, -0.05) is 18.2 Å². The molecule has 0 atom stereocenters. The molecule has 0 saturated carbocycles. The Kier molecular flexibility index (Phi) is 2.69. The molecule has 0 aromatic heterocycles. The SMILES string of the molecule is C=C1CCCNC/C1=C/C. The number of allylic oxidation sites excluding steroid dienone is 1. The summed E-state index contributed by atoms with van der Waals surface area (Å²) in [4.78, 5) is 0. The van der Waals surface area contributed by atoms with Gasteiger partial charge in [-0.25, -0.2) is 0 Å². The lowest BCUT2D eigenvalue weighted by molar-refractivity contribution is 0.722. The van der Waals surface area contributed by atoms with Gasteiger partial charge in [-0.05, 0) is 31.9 Å². The van der Waals surface area contributed by atoms with Crippen LogP contribution in [-0.2, 0) is 0 Å². The van der Waals surface area contributed by atoms with Crippen LogP contribution in [0, 0.1) is 0 Å². The smallest absolute Gasteiger partial charge is 0.0204 e. The minimum atomic E-state index is 1.01. The van der Waals surface area contributed by atoms with E-state index in [1.165, 1.54) is 17.6 Å². The molecule has 56 valence electrons. The first-order chi connectivity index (χ1) is 4.84. The largest absolute Gasteiger partial charge is 0.313 e. The molecule has 1 aliphatic rings. The molecule has 1 aliphatic heterocycles. The highest BCUT2D eigenvalue weighted by Crippen LogP contribution is 2.15. The molecule has 0 aliphatic carbocycles. The van der Waals surface area contributed by atoms with Crippen LogP contribution in [0.1, 0.15) is 19.8 Å². The molecule has 0 amide bonds. The third-order valence-corrected chi connectivity index (χ3v) is 1.95. The Morgan fingerprint density at radius 3 is 3.10 bits per heavy atom. The lowest BCUT2D eigenvalue weighted by Gasteiger charge is -2.03. The van der Waals surface area contributed by atoms with Gasteiger partial charge in [-0.2, -0.15) is 0 Å². The molecule has 0 spiro atoms. The van der Waals surface area contributed by atoms with Gasteiger partial charge in [0.25, 0.3) is 0 Å². The molecule has 1 nitrogen and oxygen atoms in total. The summed E-state index contributed by atoms with van der Waals surface area (Å²) in [6, 6.07) is 0. The van der Waals surface area contributed by atoms with Crippen molar-refractivity contribution >= 4 is 0 Å². The predicted octanol–water partition coefficient (Wildman–Crippen LogP) is 1.87. The van der Waals surface area contributed by atoms with E-state index < -0.39 is 0 Å². The zero-order chi connectivity index (χ0) is 7.40. The monoisotopic (exact) mass is 137 g/mol. The molecule has 1 rings (SSSR count). The third kappa shape index (κ3) is 1.71. The Morgan fingerprint density at radius 2 is 2.40 bits per heavy atom. The number of rotatable bonds is 0. The summed E-state index contributed by atoms with van der Waals surface area (Å²) in [5, 5.41) is 3.35. The van der Waals surface area contributed by atoms with E-state index in [1.807, 2.05) is 0 Å². The van der Waals surface area contributed by atoms with Crippen LogP contribution in [0.5, 0.6) is 0 Å². The minimum Gasteiger partial charge on any atom is -0.313 e. The fraction of sp³-hybridized carbons (Fsp3) is 0.556. The molecular weight excluding hydrogens is 122 g/mol. The van der Waals surface area contributed by atoms with Crippen molar-refractivity contribution < 1.29 is 0 Å². The molecule has 0 aromatic rings. The summed E-state index contributed by atoms with van der Waals surface area (Å²) in [5.74, 6) is 0. The highest BCUT2D eigenvalue weighted by atomic mass is 14.9. The molecule has 0 radical (unpaired) electrons. The summed E-state index contributed by atoms with van der Waals surface area (Å²) in [6.45, 7) is 8.24. The molecule has 1 heteroatoms.